The molecule has 0 saturated carbocycles. The number of rotatable bonds is 7. The van der Waals surface area contributed by atoms with Gasteiger partial charge in [0.2, 0.25) is 5.91 Å². The first-order valence-electron chi connectivity index (χ1n) is 8.65. The summed E-state index contributed by atoms with van der Waals surface area (Å²) in [7, 11) is 0. The molecule has 0 spiro atoms. The first-order valence-corrected chi connectivity index (χ1v) is 8.65. The van der Waals surface area contributed by atoms with Gasteiger partial charge in [0.1, 0.15) is 0 Å². The van der Waals surface area contributed by atoms with E-state index in [4.69, 9.17) is 4.74 Å². The van der Waals surface area contributed by atoms with Crippen LogP contribution in [0.5, 0.6) is 0 Å². The molecule has 0 atom stereocenters. The minimum absolute atomic E-state index is 0.243. The minimum Gasteiger partial charge on any atom is -0.377 e. The molecule has 2 rings (SSSR count). The van der Waals surface area contributed by atoms with Gasteiger partial charge in [-0.3, -0.25) is 4.79 Å². The Balaban J connectivity index is 1.77. The van der Waals surface area contributed by atoms with Gasteiger partial charge in [-0.1, -0.05) is 44.2 Å². The Morgan fingerprint density at radius 1 is 1.30 bits per heavy atom. The lowest BCUT2D eigenvalue weighted by Gasteiger charge is -2.32. The second-order valence-electron chi connectivity index (χ2n) is 6.72. The molecule has 0 N–H and O–H groups in total. The molecule has 1 aliphatic rings. The zero-order chi connectivity index (χ0) is 16.7. The Labute approximate surface area is 140 Å². The Bertz CT molecular complexity index is 499. The van der Waals surface area contributed by atoms with E-state index in [9.17, 15) is 4.79 Å². The molecule has 1 aromatic carbocycles. The molecule has 1 aliphatic heterocycles. The van der Waals surface area contributed by atoms with Crippen LogP contribution in [0.25, 0.3) is 0 Å². The van der Waals surface area contributed by atoms with E-state index in [1.54, 1.807) is 6.08 Å². The van der Waals surface area contributed by atoms with Crippen LogP contribution < -0.4 is 0 Å². The van der Waals surface area contributed by atoms with Gasteiger partial charge in [0.05, 0.1) is 13.0 Å². The van der Waals surface area contributed by atoms with Gasteiger partial charge in [-0.2, -0.15) is 0 Å². The van der Waals surface area contributed by atoms with E-state index >= 15 is 0 Å². The SMILES string of the molecule is C=CCOCC1CCN(C(=O)Cc2ccc(C(C)C)cc2)CC1. The van der Waals surface area contributed by atoms with Gasteiger partial charge in [-0.25, -0.2) is 0 Å². The van der Waals surface area contributed by atoms with Crippen molar-refractivity contribution in [2.45, 2.75) is 39.0 Å². The Morgan fingerprint density at radius 2 is 1.96 bits per heavy atom. The molecule has 0 unspecified atom stereocenters. The number of likely N-dealkylation sites (tertiary alicyclic amines) is 1. The lowest BCUT2D eigenvalue weighted by atomic mass is 9.97. The predicted octanol–water partition coefficient (Wildman–Crippen LogP) is 3.79. The molecule has 1 heterocycles. The van der Waals surface area contributed by atoms with E-state index < -0.39 is 0 Å². The molecule has 23 heavy (non-hydrogen) atoms. The third-order valence-corrected chi connectivity index (χ3v) is 4.56. The maximum atomic E-state index is 12.4. The predicted molar refractivity (Wildman–Crippen MR) is 94.6 cm³/mol. The van der Waals surface area contributed by atoms with Gasteiger partial charge in [-0.05, 0) is 35.8 Å². The molecule has 3 heteroatoms. The van der Waals surface area contributed by atoms with Crippen molar-refractivity contribution < 1.29 is 9.53 Å². The average molecular weight is 315 g/mol. The summed E-state index contributed by atoms with van der Waals surface area (Å²) in [6.07, 6.45) is 4.36. The van der Waals surface area contributed by atoms with Crippen LogP contribution in [0.3, 0.4) is 0 Å². The number of carbonyl (C=O) groups is 1. The Hall–Kier alpha value is -1.61. The number of carbonyl (C=O) groups excluding carboxylic acids is 1. The van der Waals surface area contributed by atoms with Gasteiger partial charge >= 0.3 is 0 Å². The molecule has 0 aliphatic carbocycles. The second kappa shape index (κ2) is 8.88. The molecule has 0 aromatic heterocycles. The van der Waals surface area contributed by atoms with Crippen LogP contribution in [-0.4, -0.2) is 37.1 Å². The topological polar surface area (TPSA) is 29.5 Å². The summed E-state index contributed by atoms with van der Waals surface area (Å²) in [5, 5.41) is 0. The fourth-order valence-electron chi connectivity index (χ4n) is 2.97. The fraction of sp³-hybridized carbons (Fsp3) is 0.550. The Morgan fingerprint density at radius 3 is 2.52 bits per heavy atom. The molecule has 1 saturated heterocycles. The third kappa shape index (κ3) is 5.51. The lowest BCUT2D eigenvalue weighted by Crippen LogP contribution is -2.40. The first-order chi connectivity index (χ1) is 11.1. The summed E-state index contributed by atoms with van der Waals surface area (Å²) in [5.41, 5.74) is 2.43. The number of piperidine rings is 1. The number of benzene rings is 1. The van der Waals surface area contributed by atoms with Crippen molar-refractivity contribution in [3.8, 4) is 0 Å². The van der Waals surface area contributed by atoms with Crippen molar-refractivity contribution in [2.24, 2.45) is 5.92 Å². The molecular formula is C20H29NO2. The highest BCUT2D eigenvalue weighted by atomic mass is 16.5. The molecule has 0 radical (unpaired) electrons. The summed E-state index contributed by atoms with van der Waals surface area (Å²) in [6.45, 7) is 11.1. The molecular weight excluding hydrogens is 286 g/mol. The largest absolute Gasteiger partial charge is 0.377 e. The molecule has 1 fully saturated rings. The quantitative estimate of drug-likeness (QED) is 0.566. The summed E-state index contributed by atoms with van der Waals surface area (Å²) in [5.74, 6) is 1.35. The molecule has 0 bridgehead atoms. The van der Waals surface area contributed by atoms with Crippen LogP contribution in [0.2, 0.25) is 0 Å². The van der Waals surface area contributed by atoms with E-state index in [1.807, 2.05) is 4.90 Å². The fourth-order valence-corrected chi connectivity index (χ4v) is 2.97. The maximum Gasteiger partial charge on any atom is 0.226 e. The van der Waals surface area contributed by atoms with Crippen molar-refractivity contribution >= 4 is 5.91 Å². The van der Waals surface area contributed by atoms with Gasteiger partial charge < -0.3 is 9.64 Å². The monoisotopic (exact) mass is 315 g/mol. The first kappa shape index (κ1) is 17.7. The van der Waals surface area contributed by atoms with Crippen LogP contribution >= 0.6 is 0 Å². The third-order valence-electron chi connectivity index (χ3n) is 4.56. The van der Waals surface area contributed by atoms with E-state index in [1.165, 1.54) is 5.56 Å². The highest BCUT2D eigenvalue weighted by Gasteiger charge is 2.22. The van der Waals surface area contributed by atoms with Crippen LogP contribution in [-0.2, 0) is 16.0 Å². The average Bonchev–Trinajstić information content (AvgIpc) is 2.56. The van der Waals surface area contributed by atoms with E-state index in [-0.39, 0.29) is 5.91 Å². The zero-order valence-corrected chi connectivity index (χ0v) is 14.5. The highest BCUT2D eigenvalue weighted by molar-refractivity contribution is 5.78. The summed E-state index contributed by atoms with van der Waals surface area (Å²) in [4.78, 5) is 14.4. The van der Waals surface area contributed by atoms with Crippen molar-refractivity contribution in [1.82, 2.24) is 4.90 Å². The minimum atomic E-state index is 0.243. The molecule has 126 valence electrons. The van der Waals surface area contributed by atoms with Crippen molar-refractivity contribution in [3.63, 3.8) is 0 Å². The van der Waals surface area contributed by atoms with Gasteiger partial charge in [0.15, 0.2) is 0 Å². The zero-order valence-electron chi connectivity index (χ0n) is 14.5. The Kier molecular flexibility index (Phi) is 6.85. The maximum absolute atomic E-state index is 12.4. The number of ether oxygens (including phenoxy) is 1. The van der Waals surface area contributed by atoms with E-state index in [0.29, 0.717) is 24.9 Å². The van der Waals surface area contributed by atoms with Gasteiger partial charge in [0.25, 0.3) is 0 Å². The number of hydrogen-bond donors (Lipinski definition) is 0. The number of nitrogens with zero attached hydrogens (tertiary/aromatic N) is 1. The van der Waals surface area contributed by atoms with Gasteiger partial charge in [-0.15, -0.1) is 6.58 Å². The molecule has 3 nitrogen and oxygen atoms in total. The van der Waals surface area contributed by atoms with E-state index in [2.05, 4.69) is 44.7 Å². The normalized spacial score (nSPS) is 15.9. The summed E-state index contributed by atoms with van der Waals surface area (Å²) in [6, 6.07) is 8.44. The van der Waals surface area contributed by atoms with E-state index in [0.717, 1.165) is 38.1 Å². The van der Waals surface area contributed by atoms with Crippen LogP contribution in [0.4, 0.5) is 0 Å². The smallest absolute Gasteiger partial charge is 0.226 e. The molecule has 1 amide bonds. The summed E-state index contributed by atoms with van der Waals surface area (Å²) < 4.78 is 5.52. The lowest BCUT2D eigenvalue weighted by molar-refractivity contribution is -0.132. The van der Waals surface area contributed by atoms with Gasteiger partial charge in [0, 0.05) is 19.7 Å². The second-order valence-corrected chi connectivity index (χ2v) is 6.72. The molecule has 1 aromatic rings. The van der Waals surface area contributed by atoms with Crippen LogP contribution in [0.15, 0.2) is 36.9 Å². The standard InChI is InChI=1S/C20H29NO2/c1-4-13-23-15-18-9-11-21(12-10-18)20(22)14-17-5-7-19(8-6-17)16(2)3/h4-8,16,18H,1,9-15H2,2-3H3. The number of amides is 1. The summed E-state index contributed by atoms with van der Waals surface area (Å²) >= 11 is 0. The van der Waals surface area contributed by atoms with Crippen molar-refractivity contribution in [2.75, 3.05) is 26.3 Å². The van der Waals surface area contributed by atoms with Crippen LogP contribution in [0.1, 0.15) is 43.7 Å². The number of hydrogen-bond acceptors (Lipinski definition) is 2. The van der Waals surface area contributed by atoms with Crippen LogP contribution in [0, 0.1) is 5.92 Å². The van der Waals surface area contributed by atoms with Crippen molar-refractivity contribution in [1.29, 1.82) is 0 Å². The highest BCUT2D eigenvalue weighted by Crippen LogP contribution is 2.19. The van der Waals surface area contributed by atoms with Crippen molar-refractivity contribution in [3.05, 3.63) is 48.0 Å².